The van der Waals surface area contributed by atoms with Gasteiger partial charge in [-0.25, -0.2) is 13.4 Å². The Labute approximate surface area is 191 Å². The molecule has 1 saturated heterocycles. The third-order valence-corrected chi connectivity index (χ3v) is 7.04. The van der Waals surface area contributed by atoms with E-state index in [4.69, 9.17) is 14.2 Å². The lowest BCUT2D eigenvalue weighted by Gasteiger charge is -2.18. The van der Waals surface area contributed by atoms with Crippen LogP contribution in [0, 0.1) is 0 Å². The lowest BCUT2D eigenvalue weighted by Crippen LogP contribution is -2.32. The summed E-state index contributed by atoms with van der Waals surface area (Å²) in [5.41, 5.74) is 0.595. The van der Waals surface area contributed by atoms with Crippen molar-refractivity contribution in [3.63, 3.8) is 0 Å². The number of aromatic nitrogens is 1. The van der Waals surface area contributed by atoms with Gasteiger partial charge in [0, 0.05) is 49.9 Å². The van der Waals surface area contributed by atoms with Crippen LogP contribution in [0.15, 0.2) is 58.9 Å². The number of ether oxygens (including phenoxy) is 3. The van der Waals surface area contributed by atoms with Gasteiger partial charge >= 0.3 is 0 Å². The summed E-state index contributed by atoms with van der Waals surface area (Å²) in [5.74, 6) is 1.38. The lowest BCUT2D eigenvalue weighted by atomic mass is 10.2. The third kappa shape index (κ3) is 4.63. The molecular weight excluding hydrogens is 454 g/mol. The normalized spacial score (nSPS) is 16.1. The summed E-state index contributed by atoms with van der Waals surface area (Å²) in [6, 6.07) is 11.2. The van der Waals surface area contributed by atoms with Gasteiger partial charge in [0.25, 0.3) is 15.9 Å². The van der Waals surface area contributed by atoms with Gasteiger partial charge in [-0.3, -0.25) is 9.52 Å². The fraction of sp³-hybridized carbons (Fsp3) is 0.238. The predicted molar refractivity (Wildman–Crippen MR) is 122 cm³/mol. The number of carbonyl (C=O) groups excluding carboxylic acids is 1. The molecule has 2 aromatic carbocycles. The Kier molecular flexibility index (Phi) is 6.19. The molecule has 1 amide bonds. The largest absolute Gasteiger partial charge is 0.496 e. The Balaban J connectivity index is 0.00000306. The van der Waals surface area contributed by atoms with Gasteiger partial charge in [-0.2, -0.15) is 0 Å². The van der Waals surface area contributed by atoms with E-state index in [1.54, 1.807) is 40.6 Å². The van der Waals surface area contributed by atoms with Gasteiger partial charge in [-0.15, -0.1) is 11.3 Å². The molecule has 170 valence electrons. The second-order valence-electron chi connectivity index (χ2n) is 6.87. The van der Waals surface area contributed by atoms with Crippen LogP contribution in [-0.4, -0.2) is 46.2 Å². The van der Waals surface area contributed by atoms with Gasteiger partial charge in [0.2, 0.25) is 0 Å². The smallest absolute Gasteiger partial charge is 0.268 e. The molecule has 11 heteroatoms. The van der Waals surface area contributed by atoms with Crippen molar-refractivity contribution in [3.8, 4) is 17.2 Å². The highest BCUT2D eigenvalue weighted by atomic mass is 32.2. The van der Waals surface area contributed by atoms with E-state index in [2.05, 4.69) is 9.71 Å². The average Bonchev–Trinajstić information content (AvgIpc) is 3.43. The zero-order valence-corrected chi connectivity index (χ0v) is 19.0. The Morgan fingerprint density at radius 1 is 1.09 bits per heavy atom. The molecule has 0 saturated carbocycles. The van der Waals surface area contributed by atoms with Crippen LogP contribution >= 0.6 is 11.3 Å². The van der Waals surface area contributed by atoms with Crippen LogP contribution in [0.25, 0.3) is 0 Å². The van der Waals surface area contributed by atoms with Crippen LogP contribution in [0.5, 0.6) is 17.2 Å². The molecule has 1 aliphatic heterocycles. The van der Waals surface area contributed by atoms with E-state index in [-0.39, 0.29) is 17.4 Å². The molecule has 1 aromatic heterocycles. The SMILES string of the molecule is COc1cc(OC)cc(OC2CCN(c3ccc(S(=O)(=O)Nc4nccs4)cc3)C2=O)c1.[HH]. The van der Waals surface area contributed by atoms with Gasteiger partial charge in [0.15, 0.2) is 11.2 Å². The number of thiazole rings is 1. The van der Waals surface area contributed by atoms with E-state index in [1.807, 2.05) is 0 Å². The molecule has 32 heavy (non-hydrogen) atoms. The number of methoxy groups -OCH3 is 2. The standard InChI is InChI=1S/C21H21N3O6S2.H2/c1-28-15-11-16(29-2)13-17(12-15)30-19-7-9-24(20(19)25)14-3-5-18(6-4-14)32(26,27)23-21-22-8-10-31-21;/h3-6,8,10-13,19H,7,9H2,1-2H3,(H,22,23);1H. The highest BCUT2D eigenvalue weighted by molar-refractivity contribution is 7.93. The number of carbonyl (C=O) groups is 1. The van der Waals surface area contributed by atoms with E-state index < -0.39 is 16.1 Å². The number of hydrogen-bond donors (Lipinski definition) is 1. The summed E-state index contributed by atoms with van der Waals surface area (Å²) < 4.78 is 43.8. The summed E-state index contributed by atoms with van der Waals surface area (Å²) >= 11 is 1.19. The highest BCUT2D eigenvalue weighted by Gasteiger charge is 2.34. The molecular formula is C21H23N3O6S2. The van der Waals surface area contributed by atoms with Gasteiger partial charge < -0.3 is 19.1 Å². The molecule has 0 spiro atoms. The zero-order valence-electron chi connectivity index (χ0n) is 17.3. The van der Waals surface area contributed by atoms with Crippen LogP contribution in [0.1, 0.15) is 7.85 Å². The molecule has 0 radical (unpaired) electrons. The number of sulfonamides is 1. The summed E-state index contributed by atoms with van der Waals surface area (Å²) in [6.45, 7) is 0.452. The van der Waals surface area contributed by atoms with E-state index in [0.29, 0.717) is 35.9 Å². The molecule has 0 aliphatic carbocycles. The van der Waals surface area contributed by atoms with Crippen molar-refractivity contribution in [2.45, 2.75) is 17.4 Å². The molecule has 4 rings (SSSR count). The maximum atomic E-state index is 12.9. The Bertz CT molecular complexity index is 1180. The Hall–Kier alpha value is -3.31. The monoisotopic (exact) mass is 477 g/mol. The van der Waals surface area contributed by atoms with Crippen LogP contribution < -0.4 is 23.8 Å². The maximum absolute atomic E-state index is 12.9. The number of benzene rings is 2. The van der Waals surface area contributed by atoms with Crippen molar-refractivity contribution in [1.29, 1.82) is 0 Å². The Morgan fingerprint density at radius 3 is 2.34 bits per heavy atom. The van der Waals surface area contributed by atoms with Crippen LogP contribution in [-0.2, 0) is 14.8 Å². The van der Waals surface area contributed by atoms with E-state index in [1.165, 1.54) is 43.9 Å². The summed E-state index contributed by atoms with van der Waals surface area (Å²) in [4.78, 5) is 18.5. The second kappa shape index (κ2) is 9.05. The fourth-order valence-corrected chi connectivity index (χ4v) is 5.07. The highest BCUT2D eigenvalue weighted by Crippen LogP contribution is 2.31. The summed E-state index contributed by atoms with van der Waals surface area (Å²) in [5, 5.41) is 1.97. The minimum atomic E-state index is -3.76. The molecule has 3 aromatic rings. The topological polar surface area (TPSA) is 107 Å². The van der Waals surface area contributed by atoms with E-state index >= 15 is 0 Å². The number of amides is 1. The number of rotatable bonds is 8. The lowest BCUT2D eigenvalue weighted by molar-refractivity contribution is -0.122. The van der Waals surface area contributed by atoms with Crippen LogP contribution in [0.2, 0.25) is 0 Å². The van der Waals surface area contributed by atoms with Crippen molar-refractivity contribution >= 4 is 38.1 Å². The van der Waals surface area contributed by atoms with E-state index in [9.17, 15) is 13.2 Å². The molecule has 2 heterocycles. The second-order valence-corrected chi connectivity index (χ2v) is 9.45. The number of hydrogen-bond acceptors (Lipinski definition) is 8. The molecule has 1 fully saturated rings. The number of nitrogens with zero attached hydrogens (tertiary/aromatic N) is 2. The molecule has 1 N–H and O–H groups in total. The maximum Gasteiger partial charge on any atom is 0.268 e. The van der Waals surface area contributed by atoms with Gasteiger partial charge in [0.05, 0.1) is 19.1 Å². The molecule has 1 atom stereocenters. The van der Waals surface area contributed by atoms with Crippen molar-refractivity contribution in [1.82, 2.24) is 4.98 Å². The number of anilines is 2. The molecule has 0 bridgehead atoms. The van der Waals surface area contributed by atoms with Crippen molar-refractivity contribution in [2.24, 2.45) is 0 Å². The van der Waals surface area contributed by atoms with Crippen LogP contribution in [0.4, 0.5) is 10.8 Å². The third-order valence-electron chi connectivity index (χ3n) is 4.87. The molecule has 1 aliphatic rings. The van der Waals surface area contributed by atoms with Gasteiger partial charge in [0.1, 0.15) is 17.2 Å². The molecule has 9 nitrogen and oxygen atoms in total. The molecule has 1 unspecified atom stereocenters. The predicted octanol–water partition coefficient (Wildman–Crippen LogP) is 3.39. The minimum Gasteiger partial charge on any atom is -0.496 e. The zero-order chi connectivity index (χ0) is 22.7. The first-order valence-electron chi connectivity index (χ1n) is 9.63. The quantitative estimate of drug-likeness (QED) is 0.530. The first-order chi connectivity index (χ1) is 15.4. The first-order valence-corrected chi connectivity index (χ1v) is 12.0. The Morgan fingerprint density at radius 2 is 1.75 bits per heavy atom. The summed E-state index contributed by atoms with van der Waals surface area (Å²) in [7, 11) is -0.678. The van der Waals surface area contributed by atoms with Gasteiger partial charge in [-0.1, -0.05) is 0 Å². The average molecular weight is 478 g/mol. The summed E-state index contributed by atoms with van der Waals surface area (Å²) in [6.07, 6.45) is 1.34. The number of nitrogens with one attached hydrogen (secondary N) is 1. The van der Waals surface area contributed by atoms with Crippen LogP contribution in [0.3, 0.4) is 0 Å². The minimum absolute atomic E-state index is 0. The van der Waals surface area contributed by atoms with E-state index in [0.717, 1.165) is 0 Å². The van der Waals surface area contributed by atoms with Crippen molar-refractivity contribution in [3.05, 3.63) is 54.0 Å². The first kappa shape index (κ1) is 21.9. The fourth-order valence-electron chi connectivity index (χ4n) is 3.29. The van der Waals surface area contributed by atoms with Crippen molar-refractivity contribution in [2.75, 3.05) is 30.4 Å². The van der Waals surface area contributed by atoms with Gasteiger partial charge in [-0.05, 0) is 24.3 Å². The van der Waals surface area contributed by atoms with Crippen molar-refractivity contribution < 1.29 is 28.8 Å².